The van der Waals surface area contributed by atoms with Crippen LogP contribution in [0.2, 0.25) is 5.02 Å². The summed E-state index contributed by atoms with van der Waals surface area (Å²) < 4.78 is 40.6. The molecule has 0 bridgehead atoms. The van der Waals surface area contributed by atoms with Gasteiger partial charge in [0, 0.05) is 18.0 Å². The maximum Gasteiger partial charge on any atom is 0.307 e. The van der Waals surface area contributed by atoms with E-state index < -0.39 is 27.8 Å². The molecule has 1 aromatic rings. The molecule has 1 atom stereocenters. The monoisotopic (exact) mass is 385 g/mol. The van der Waals surface area contributed by atoms with Crippen molar-refractivity contribution >= 4 is 49.3 Å². The molecule has 0 radical (unpaired) electrons. The van der Waals surface area contributed by atoms with Gasteiger partial charge in [0.25, 0.3) is 0 Å². The van der Waals surface area contributed by atoms with Crippen LogP contribution in [0.15, 0.2) is 16.6 Å². The van der Waals surface area contributed by atoms with Crippen LogP contribution in [-0.4, -0.2) is 33.2 Å². The first-order valence-corrected chi connectivity index (χ1v) is 8.12. The van der Waals surface area contributed by atoms with E-state index in [1.165, 1.54) is 13.2 Å². The molecule has 1 saturated heterocycles. The van der Waals surface area contributed by atoms with Crippen molar-refractivity contribution < 1.29 is 21.8 Å². The van der Waals surface area contributed by atoms with Gasteiger partial charge < -0.3 is 9.64 Å². The first-order chi connectivity index (χ1) is 9.24. The Bertz CT molecular complexity index is 667. The minimum absolute atomic E-state index is 0.263. The van der Waals surface area contributed by atoms with E-state index in [1.807, 2.05) is 0 Å². The summed E-state index contributed by atoms with van der Waals surface area (Å²) in [6, 6.07) is 3.05. The molecule has 0 aromatic heterocycles. The van der Waals surface area contributed by atoms with Gasteiger partial charge in [0.15, 0.2) is 5.75 Å². The number of carbonyl (C=O) groups is 1. The van der Waals surface area contributed by atoms with E-state index in [2.05, 4.69) is 15.9 Å². The predicted molar refractivity (Wildman–Crippen MR) is 76.5 cm³/mol. The van der Waals surface area contributed by atoms with Crippen molar-refractivity contribution in [2.75, 3.05) is 18.6 Å². The second-order valence-corrected chi connectivity index (χ2v) is 7.15. The Balaban J connectivity index is 2.45. The molecule has 1 heterocycles. The van der Waals surface area contributed by atoms with Crippen molar-refractivity contribution in [2.24, 2.45) is 0 Å². The van der Waals surface area contributed by atoms with Gasteiger partial charge in [-0.2, -0.15) is 8.42 Å². The van der Waals surface area contributed by atoms with Gasteiger partial charge in [-0.25, -0.2) is 0 Å². The van der Waals surface area contributed by atoms with Gasteiger partial charge in [-0.05, 0) is 28.1 Å². The Kier molecular flexibility index (Phi) is 4.27. The Morgan fingerprint density at radius 2 is 2.15 bits per heavy atom. The van der Waals surface area contributed by atoms with Crippen LogP contribution in [0.25, 0.3) is 0 Å². The van der Waals surface area contributed by atoms with Crippen molar-refractivity contribution in [3.05, 3.63) is 21.6 Å². The predicted octanol–water partition coefficient (Wildman–Crippen LogP) is 2.52. The molecule has 110 valence electrons. The molecule has 1 unspecified atom stereocenters. The quantitative estimate of drug-likeness (QED) is 0.749. The van der Waals surface area contributed by atoms with Gasteiger partial charge in [0.05, 0.1) is 17.3 Å². The average Bonchev–Trinajstić information content (AvgIpc) is 2.70. The first kappa shape index (κ1) is 15.5. The molecule has 0 spiro atoms. The number of halogens is 3. The highest BCUT2D eigenvalue weighted by molar-refractivity contribution is 9.10. The zero-order valence-corrected chi connectivity index (χ0v) is 13.4. The molecular weight excluding hydrogens is 377 g/mol. The normalized spacial score (nSPS) is 19.5. The molecule has 1 aliphatic rings. The number of benzene rings is 1. The molecule has 0 aliphatic carbocycles. The second kappa shape index (κ2) is 5.50. The van der Waals surface area contributed by atoms with Gasteiger partial charge in [-0.15, -0.1) is 3.89 Å². The van der Waals surface area contributed by atoms with Gasteiger partial charge in [-0.3, -0.25) is 4.79 Å². The molecule has 1 fully saturated rings. The summed E-state index contributed by atoms with van der Waals surface area (Å²) in [7, 11) is -3.36. The van der Waals surface area contributed by atoms with Crippen molar-refractivity contribution in [3.63, 3.8) is 0 Å². The van der Waals surface area contributed by atoms with E-state index in [1.54, 1.807) is 6.07 Å². The summed E-state index contributed by atoms with van der Waals surface area (Å²) in [5, 5.41) is -1.02. The third-order valence-electron chi connectivity index (χ3n) is 2.97. The van der Waals surface area contributed by atoms with Gasteiger partial charge >= 0.3 is 10.2 Å². The Labute approximate surface area is 129 Å². The van der Waals surface area contributed by atoms with Crippen molar-refractivity contribution in [1.82, 2.24) is 0 Å². The van der Waals surface area contributed by atoms with E-state index >= 15 is 0 Å². The van der Waals surface area contributed by atoms with Crippen molar-refractivity contribution in [3.8, 4) is 5.75 Å². The fourth-order valence-corrected chi connectivity index (χ4v) is 3.67. The van der Waals surface area contributed by atoms with Crippen LogP contribution in [0.1, 0.15) is 6.42 Å². The van der Waals surface area contributed by atoms with Crippen LogP contribution in [-0.2, 0) is 15.0 Å². The number of methoxy groups -OCH3 is 1. The largest absolute Gasteiger partial charge is 0.493 e. The lowest BCUT2D eigenvalue weighted by Gasteiger charge is -2.20. The van der Waals surface area contributed by atoms with E-state index in [9.17, 15) is 17.1 Å². The van der Waals surface area contributed by atoms with E-state index in [0.29, 0.717) is 20.9 Å². The zero-order chi connectivity index (χ0) is 15.1. The SMILES string of the molecule is COc1c(Br)cc(Cl)cc1N1CC(S(=O)(=O)F)CC1=O. The molecule has 20 heavy (non-hydrogen) atoms. The van der Waals surface area contributed by atoms with Crippen LogP contribution in [0, 0.1) is 0 Å². The lowest BCUT2D eigenvalue weighted by atomic mass is 10.2. The van der Waals surface area contributed by atoms with Crippen molar-refractivity contribution in [2.45, 2.75) is 11.7 Å². The van der Waals surface area contributed by atoms with Crippen LogP contribution < -0.4 is 9.64 Å². The number of hydrogen-bond acceptors (Lipinski definition) is 4. The smallest absolute Gasteiger partial charge is 0.307 e. The maximum atomic E-state index is 13.0. The number of hydrogen-bond donors (Lipinski definition) is 0. The number of anilines is 1. The number of ether oxygens (including phenoxy) is 1. The third-order valence-corrected chi connectivity index (χ3v) is 4.89. The highest BCUT2D eigenvalue weighted by Gasteiger charge is 2.40. The van der Waals surface area contributed by atoms with Crippen LogP contribution >= 0.6 is 27.5 Å². The molecule has 2 rings (SSSR count). The molecule has 1 amide bonds. The highest BCUT2D eigenvalue weighted by atomic mass is 79.9. The standard InChI is InChI=1S/C11H10BrClFNO4S/c1-19-11-8(12)2-6(13)3-9(11)15-5-7(4-10(15)16)20(14,17)18/h2-3,7H,4-5H2,1H3. The Morgan fingerprint density at radius 3 is 2.65 bits per heavy atom. The van der Waals surface area contributed by atoms with Crippen molar-refractivity contribution in [1.29, 1.82) is 0 Å². The first-order valence-electron chi connectivity index (χ1n) is 5.51. The van der Waals surface area contributed by atoms with E-state index in [0.717, 1.165) is 4.90 Å². The topological polar surface area (TPSA) is 63.7 Å². The summed E-state index contributed by atoms with van der Waals surface area (Å²) in [6.45, 7) is -0.263. The number of amides is 1. The van der Waals surface area contributed by atoms with E-state index in [4.69, 9.17) is 16.3 Å². The fourth-order valence-electron chi connectivity index (χ4n) is 2.05. The average molecular weight is 387 g/mol. The minimum Gasteiger partial charge on any atom is -0.493 e. The molecular formula is C11H10BrClFNO4S. The highest BCUT2D eigenvalue weighted by Crippen LogP contribution is 2.40. The molecule has 0 N–H and O–H groups in total. The fraction of sp³-hybridized carbons (Fsp3) is 0.364. The van der Waals surface area contributed by atoms with Gasteiger partial charge in [0.2, 0.25) is 5.91 Å². The summed E-state index contributed by atoms with van der Waals surface area (Å²) in [6.07, 6.45) is -0.397. The van der Waals surface area contributed by atoms with Crippen LogP contribution in [0.4, 0.5) is 9.57 Å². The van der Waals surface area contributed by atoms with E-state index in [-0.39, 0.29) is 6.54 Å². The van der Waals surface area contributed by atoms with Crippen LogP contribution in [0.3, 0.4) is 0 Å². The zero-order valence-electron chi connectivity index (χ0n) is 10.3. The summed E-state index contributed by atoms with van der Waals surface area (Å²) in [5.74, 6) is -0.164. The number of carbonyl (C=O) groups excluding carboxylic acids is 1. The lowest BCUT2D eigenvalue weighted by Crippen LogP contribution is -2.27. The molecule has 5 nitrogen and oxygen atoms in total. The molecule has 1 aromatic carbocycles. The summed E-state index contributed by atoms with van der Waals surface area (Å²) in [5.41, 5.74) is 0.308. The van der Waals surface area contributed by atoms with Gasteiger partial charge in [-0.1, -0.05) is 11.6 Å². The summed E-state index contributed by atoms with van der Waals surface area (Å²) >= 11 is 9.16. The van der Waals surface area contributed by atoms with Gasteiger partial charge in [0.1, 0.15) is 5.25 Å². The third kappa shape index (κ3) is 2.91. The Morgan fingerprint density at radius 1 is 1.50 bits per heavy atom. The Hall–Kier alpha value is -0.860. The van der Waals surface area contributed by atoms with Crippen LogP contribution in [0.5, 0.6) is 5.75 Å². The second-order valence-electron chi connectivity index (χ2n) is 4.25. The number of rotatable bonds is 3. The molecule has 0 saturated carbocycles. The minimum atomic E-state index is -4.76. The molecule has 9 heteroatoms. The maximum absolute atomic E-state index is 13.0. The number of nitrogens with zero attached hydrogens (tertiary/aromatic N) is 1. The summed E-state index contributed by atoms with van der Waals surface area (Å²) in [4.78, 5) is 13.1. The molecule has 1 aliphatic heterocycles. The lowest BCUT2D eigenvalue weighted by molar-refractivity contribution is -0.117.